The van der Waals surface area contributed by atoms with Crippen LogP contribution in [0, 0.1) is 0 Å². The van der Waals surface area contributed by atoms with Crippen LogP contribution < -0.4 is 5.32 Å². The molecule has 1 amide bonds. The Labute approximate surface area is 129 Å². The first kappa shape index (κ1) is 16.5. The molecule has 0 aromatic heterocycles. The summed E-state index contributed by atoms with van der Waals surface area (Å²) in [5, 5.41) is 2.36. The predicted octanol–water partition coefficient (Wildman–Crippen LogP) is 3.74. The minimum atomic E-state index is -4.75. The van der Waals surface area contributed by atoms with E-state index in [1.54, 1.807) is 18.2 Å². The molecule has 0 aliphatic rings. The number of hydrogen-bond acceptors (Lipinski definition) is 3. The van der Waals surface area contributed by atoms with Gasteiger partial charge in [-0.3, -0.25) is 4.79 Å². The number of anilines is 1. The fourth-order valence-corrected chi connectivity index (χ4v) is 1.94. The van der Waals surface area contributed by atoms with Crippen LogP contribution in [0.4, 0.5) is 18.9 Å². The Kier molecular flexibility index (Phi) is 4.68. The molecule has 1 N–H and O–H groups in total. The molecule has 2 aromatic rings. The second-order valence-corrected chi connectivity index (χ2v) is 4.57. The van der Waals surface area contributed by atoms with Gasteiger partial charge < -0.3 is 10.1 Å². The summed E-state index contributed by atoms with van der Waals surface area (Å²) in [5.41, 5.74) is -1.55. The smallest absolute Gasteiger partial charge is 0.417 e. The summed E-state index contributed by atoms with van der Waals surface area (Å²) in [4.78, 5) is 23.4. The van der Waals surface area contributed by atoms with Gasteiger partial charge in [0.2, 0.25) is 0 Å². The van der Waals surface area contributed by atoms with Crippen molar-refractivity contribution in [3.8, 4) is 0 Å². The monoisotopic (exact) mass is 323 g/mol. The van der Waals surface area contributed by atoms with Crippen molar-refractivity contribution in [1.82, 2.24) is 0 Å². The van der Waals surface area contributed by atoms with Gasteiger partial charge in [-0.05, 0) is 30.3 Å². The number of methoxy groups -OCH3 is 1. The first-order valence-corrected chi connectivity index (χ1v) is 6.49. The van der Waals surface area contributed by atoms with Gasteiger partial charge in [-0.25, -0.2) is 4.79 Å². The molecule has 2 aromatic carbocycles. The number of hydrogen-bond donors (Lipinski definition) is 1. The zero-order chi connectivity index (χ0) is 17.0. The second kappa shape index (κ2) is 6.51. The molecule has 23 heavy (non-hydrogen) atoms. The number of ether oxygens (including phenoxy) is 1. The molecular formula is C16H12F3NO3. The van der Waals surface area contributed by atoms with Gasteiger partial charge >= 0.3 is 12.1 Å². The number of esters is 1. The molecule has 0 heterocycles. The number of carbonyl (C=O) groups is 2. The normalized spacial score (nSPS) is 11.0. The number of alkyl halides is 3. The lowest BCUT2D eigenvalue weighted by Crippen LogP contribution is -2.16. The van der Waals surface area contributed by atoms with E-state index in [0.29, 0.717) is 11.6 Å². The maximum Gasteiger partial charge on any atom is 0.417 e. The van der Waals surface area contributed by atoms with Crippen molar-refractivity contribution in [1.29, 1.82) is 0 Å². The fourth-order valence-electron chi connectivity index (χ4n) is 1.94. The van der Waals surface area contributed by atoms with Crippen molar-refractivity contribution in [2.24, 2.45) is 0 Å². The zero-order valence-electron chi connectivity index (χ0n) is 12.0. The predicted molar refractivity (Wildman–Crippen MR) is 77.2 cm³/mol. The van der Waals surface area contributed by atoms with E-state index in [-0.39, 0.29) is 5.69 Å². The van der Waals surface area contributed by atoms with Crippen LogP contribution in [0.2, 0.25) is 0 Å². The molecule has 0 aliphatic carbocycles. The number of rotatable bonds is 3. The van der Waals surface area contributed by atoms with Gasteiger partial charge in [0, 0.05) is 11.3 Å². The standard InChI is InChI=1S/C16H12F3NO3/c1-23-15(22)12-8-7-11(9-13(12)16(17,18)19)20-14(21)10-5-3-2-4-6-10/h2-9H,1H3,(H,20,21). The van der Waals surface area contributed by atoms with Crippen molar-refractivity contribution in [2.45, 2.75) is 6.18 Å². The summed E-state index contributed by atoms with van der Waals surface area (Å²) in [7, 11) is 0.994. The second-order valence-electron chi connectivity index (χ2n) is 4.57. The minimum Gasteiger partial charge on any atom is -0.465 e. The van der Waals surface area contributed by atoms with Crippen LogP contribution >= 0.6 is 0 Å². The van der Waals surface area contributed by atoms with Gasteiger partial charge in [0.05, 0.1) is 18.2 Å². The lowest BCUT2D eigenvalue weighted by Gasteiger charge is -2.14. The van der Waals surface area contributed by atoms with E-state index in [1.165, 1.54) is 18.2 Å². The minimum absolute atomic E-state index is 0.0705. The quantitative estimate of drug-likeness (QED) is 0.875. The molecule has 0 spiro atoms. The Morgan fingerprint density at radius 3 is 2.26 bits per heavy atom. The molecule has 0 atom stereocenters. The average Bonchev–Trinajstić information content (AvgIpc) is 2.54. The zero-order valence-corrected chi connectivity index (χ0v) is 12.0. The van der Waals surface area contributed by atoms with Gasteiger partial charge in [0.25, 0.3) is 5.91 Å². The molecule has 0 bridgehead atoms. The maximum atomic E-state index is 13.1. The summed E-state index contributed by atoms with van der Waals surface area (Å²) < 4.78 is 43.5. The first-order valence-electron chi connectivity index (χ1n) is 6.49. The van der Waals surface area contributed by atoms with Crippen molar-refractivity contribution in [3.05, 3.63) is 65.2 Å². The summed E-state index contributed by atoms with van der Waals surface area (Å²) in [6.07, 6.45) is -4.75. The van der Waals surface area contributed by atoms with Gasteiger partial charge in [0.15, 0.2) is 0 Å². The van der Waals surface area contributed by atoms with Gasteiger partial charge in [0.1, 0.15) is 0 Å². The topological polar surface area (TPSA) is 55.4 Å². The molecule has 0 unspecified atom stereocenters. The largest absolute Gasteiger partial charge is 0.465 e. The molecule has 4 nitrogen and oxygen atoms in total. The molecule has 0 fully saturated rings. The van der Waals surface area contributed by atoms with Crippen LogP contribution in [0.3, 0.4) is 0 Å². The van der Waals surface area contributed by atoms with E-state index in [9.17, 15) is 22.8 Å². The van der Waals surface area contributed by atoms with Gasteiger partial charge in [-0.15, -0.1) is 0 Å². The van der Waals surface area contributed by atoms with Gasteiger partial charge in [-0.1, -0.05) is 18.2 Å². The summed E-state index contributed by atoms with van der Waals surface area (Å²) >= 11 is 0. The number of halogens is 3. The molecule has 0 aliphatic heterocycles. The number of amides is 1. The third kappa shape index (κ3) is 3.88. The van der Waals surface area contributed by atoms with Crippen LogP contribution in [0.25, 0.3) is 0 Å². The highest BCUT2D eigenvalue weighted by Crippen LogP contribution is 2.34. The highest BCUT2D eigenvalue weighted by atomic mass is 19.4. The first-order chi connectivity index (χ1) is 10.8. The highest BCUT2D eigenvalue weighted by molar-refractivity contribution is 6.04. The third-order valence-corrected chi connectivity index (χ3v) is 3.02. The van der Waals surface area contributed by atoms with E-state index in [0.717, 1.165) is 13.2 Å². The molecule has 0 radical (unpaired) electrons. The van der Waals surface area contributed by atoms with E-state index in [2.05, 4.69) is 10.1 Å². The number of carbonyl (C=O) groups excluding carboxylic acids is 2. The van der Waals surface area contributed by atoms with Crippen LogP contribution in [-0.4, -0.2) is 19.0 Å². The van der Waals surface area contributed by atoms with Crippen molar-refractivity contribution >= 4 is 17.6 Å². The number of nitrogens with one attached hydrogen (secondary N) is 1. The molecule has 2 rings (SSSR count). The van der Waals surface area contributed by atoms with Crippen LogP contribution in [0.1, 0.15) is 26.3 Å². The lowest BCUT2D eigenvalue weighted by atomic mass is 10.1. The third-order valence-electron chi connectivity index (χ3n) is 3.02. The van der Waals surface area contributed by atoms with Crippen molar-refractivity contribution in [3.63, 3.8) is 0 Å². The Bertz CT molecular complexity index is 727. The van der Waals surface area contributed by atoms with E-state index < -0.39 is 29.2 Å². The molecule has 0 saturated heterocycles. The molecule has 0 saturated carbocycles. The molecular weight excluding hydrogens is 311 g/mol. The maximum absolute atomic E-state index is 13.1. The van der Waals surface area contributed by atoms with Crippen molar-refractivity contribution < 1.29 is 27.5 Å². The summed E-state index contributed by atoms with van der Waals surface area (Å²) in [6.45, 7) is 0. The van der Waals surface area contributed by atoms with Crippen LogP contribution in [0.15, 0.2) is 48.5 Å². The van der Waals surface area contributed by atoms with Crippen LogP contribution in [-0.2, 0) is 10.9 Å². The Morgan fingerprint density at radius 2 is 1.70 bits per heavy atom. The Balaban J connectivity index is 2.34. The molecule has 7 heteroatoms. The van der Waals surface area contributed by atoms with Gasteiger partial charge in [-0.2, -0.15) is 13.2 Å². The lowest BCUT2D eigenvalue weighted by molar-refractivity contribution is -0.138. The fraction of sp³-hybridized carbons (Fsp3) is 0.125. The Morgan fingerprint density at radius 1 is 1.04 bits per heavy atom. The SMILES string of the molecule is COC(=O)c1ccc(NC(=O)c2ccccc2)cc1C(F)(F)F. The summed E-state index contributed by atoms with van der Waals surface area (Å²) in [5.74, 6) is -1.65. The number of benzene rings is 2. The van der Waals surface area contributed by atoms with Crippen LogP contribution in [0.5, 0.6) is 0 Å². The van der Waals surface area contributed by atoms with E-state index >= 15 is 0 Å². The van der Waals surface area contributed by atoms with Crippen molar-refractivity contribution in [2.75, 3.05) is 12.4 Å². The van der Waals surface area contributed by atoms with E-state index in [4.69, 9.17) is 0 Å². The van der Waals surface area contributed by atoms with E-state index in [1.807, 2.05) is 0 Å². The molecule has 120 valence electrons. The average molecular weight is 323 g/mol. The summed E-state index contributed by atoms with van der Waals surface area (Å²) in [6, 6.07) is 10.9. The Hall–Kier alpha value is -2.83. The highest BCUT2D eigenvalue weighted by Gasteiger charge is 2.36.